The van der Waals surface area contributed by atoms with Crippen LogP contribution in [0.5, 0.6) is 0 Å². The molecule has 1 fully saturated rings. The van der Waals surface area contributed by atoms with Crippen LogP contribution in [0.25, 0.3) is 5.65 Å². The van der Waals surface area contributed by atoms with Gasteiger partial charge in [-0.05, 0) is 56.0 Å². The van der Waals surface area contributed by atoms with Crippen LogP contribution in [-0.4, -0.2) is 27.4 Å². The number of hydrogen-bond acceptors (Lipinski definition) is 3. The number of fused-ring (bicyclic) bond motifs is 1. The summed E-state index contributed by atoms with van der Waals surface area (Å²) in [7, 11) is 0. The van der Waals surface area contributed by atoms with Crippen LogP contribution in [0.3, 0.4) is 0 Å². The fraction of sp³-hybridized carbons (Fsp3) is 0.333. The molecule has 4 rings (SSSR count). The molecule has 5 nitrogen and oxygen atoms in total. The number of nitrogens with one attached hydrogen (secondary N) is 2. The second kappa shape index (κ2) is 8.18. The molecule has 30 heavy (non-hydrogen) atoms. The van der Waals surface area contributed by atoms with E-state index in [9.17, 15) is 18.0 Å². The van der Waals surface area contributed by atoms with Gasteiger partial charge in [-0.1, -0.05) is 23.7 Å². The number of aromatic nitrogens is 2. The standard InChI is InChI=1S/C21H20ClF3N4O/c22-14-4-1-3-13(11-14)20(30)27-16-9-7-15(8-10-16)26-18-5-2-6-19-28-17(12-29(18)19)21(23,24)25/h1-6,11-12,15-16,26H,7-10H2,(H,27,30)/t15-,16+. The molecule has 1 aromatic carbocycles. The average molecular weight is 437 g/mol. The number of nitrogens with zero attached hydrogens (tertiary/aromatic N) is 2. The van der Waals surface area contributed by atoms with Crippen LogP contribution in [-0.2, 0) is 6.18 Å². The molecule has 0 spiro atoms. The van der Waals surface area contributed by atoms with Gasteiger partial charge < -0.3 is 10.6 Å². The normalized spacial score (nSPS) is 19.6. The lowest BCUT2D eigenvalue weighted by atomic mass is 9.91. The summed E-state index contributed by atoms with van der Waals surface area (Å²) in [6.07, 6.45) is -0.345. The number of rotatable bonds is 4. The summed E-state index contributed by atoms with van der Waals surface area (Å²) in [5.74, 6) is 0.415. The highest BCUT2D eigenvalue weighted by molar-refractivity contribution is 6.30. The number of hydrogen-bond donors (Lipinski definition) is 2. The number of benzene rings is 1. The summed E-state index contributed by atoms with van der Waals surface area (Å²) in [6.45, 7) is 0. The number of carbonyl (C=O) groups excluding carboxylic acids is 1. The van der Waals surface area contributed by atoms with Gasteiger partial charge >= 0.3 is 6.18 Å². The Balaban J connectivity index is 1.37. The van der Waals surface area contributed by atoms with Crippen LogP contribution < -0.4 is 10.6 Å². The highest BCUT2D eigenvalue weighted by atomic mass is 35.5. The lowest BCUT2D eigenvalue weighted by Gasteiger charge is -2.30. The van der Waals surface area contributed by atoms with E-state index in [1.54, 1.807) is 42.5 Å². The number of pyridine rings is 1. The van der Waals surface area contributed by atoms with Gasteiger partial charge in [0.05, 0.1) is 0 Å². The molecule has 2 aromatic heterocycles. The first kappa shape index (κ1) is 20.5. The van der Waals surface area contributed by atoms with Crippen LogP contribution in [0.4, 0.5) is 19.0 Å². The van der Waals surface area contributed by atoms with Gasteiger partial charge in [0.25, 0.3) is 5.91 Å². The Morgan fingerprint density at radius 3 is 2.47 bits per heavy atom. The van der Waals surface area contributed by atoms with E-state index >= 15 is 0 Å². The van der Waals surface area contributed by atoms with E-state index in [4.69, 9.17) is 11.6 Å². The molecule has 0 aliphatic heterocycles. The highest BCUT2D eigenvalue weighted by Crippen LogP contribution is 2.30. The van der Waals surface area contributed by atoms with Crippen molar-refractivity contribution in [1.82, 2.24) is 14.7 Å². The molecule has 2 heterocycles. The van der Waals surface area contributed by atoms with E-state index in [-0.39, 0.29) is 23.6 Å². The van der Waals surface area contributed by atoms with Crippen molar-refractivity contribution in [2.45, 2.75) is 43.9 Å². The van der Waals surface area contributed by atoms with Gasteiger partial charge in [-0.25, -0.2) is 4.98 Å². The molecule has 9 heteroatoms. The number of anilines is 1. The second-order valence-electron chi connectivity index (χ2n) is 7.44. The lowest BCUT2D eigenvalue weighted by molar-refractivity contribution is -0.140. The lowest BCUT2D eigenvalue weighted by Crippen LogP contribution is -2.40. The van der Waals surface area contributed by atoms with Crippen molar-refractivity contribution in [3.63, 3.8) is 0 Å². The molecule has 0 bridgehead atoms. The Kier molecular flexibility index (Phi) is 5.60. The number of alkyl halides is 3. The Morgan fingerprint density at radius 1 is 1.07 bits per heavy atom. The molecule has 0 unspecified atom stereocenters. The molecule has 0 radical (unpaired) electrons. The monoisotopic (exact) mass is 436 g/mol. The van der Waals surface area contributed by atoms with Crippen LogP contribution in [0.15, 0.2) is 48.7 Å². The zero-order valence-electron chi connectivity index (χ0n) is 15.9. The Bertz CT molecular complexity index is 1060. The maximum atomic E-state index is 13.0. The molecule has 1 aliphatic rings. The number of halogens is 4. The second-order valence-corrected chi connectivity index (χ2v) is 7.88. The molecule has 0 saturated heterocycles. The van der Waals surface area contributed by atoms with E-state index in [1.807, 2.05) is 0 Å². The minimum absolute atomic E-state index is 0.0513. The minimum Gasteiger partial charge on any atom is -0.368 e. The molecule has 3 aromatic rings. The molecule has 0 atom stereocenters. The van der Waals surface area contributed by atoms with E-state index in [0.29, 0.717) is 16.4 Å². The van der Waals surface area contributed by atoms with E-state index < -0.39 is 11.9 Å². The van der Waals surface area contributed by atoms with Crippen molar-refractivity contribution in [1.29, 1.82) is 0 Å². The van der Waals surface area contributed by atoms with Gasteiger partial charge in [-0.15, -0.1) is 0 Å². The molecule has 1 saturated carbocycles. The van der Waals surface area contributed by atoms with Gasteiger partial charge in [0.1, 0.15) is 11.5 Å². The summed E-state index contributed by atoms with van der Waals surface area (Å²) in [5, 5.41) is 6.87. The zero-order chi connectivity index (χ0) is 21.3. The summed E-state index contributed by atoms with van der Waals surface area (Å²) < 4.78 is 40.3. The van der Waals surface area contributed by atoms with Crippen molar-refractivity contribution in [3.05, 3.63) is 64.9 Å². The Hall–Kier alpha value is -2.74. The van der Waals surface area contributed by atoms with Crippen LogP contribution in [0.2, 0.25) is 5.02 Å². The van der Waals surface area contributed by atoms with E-state index in [1.165, 1.54) is 4.40 Å². The number of carbonyl (C=O) groups is 1. The molecule has 158 valence electrons. The van der Waals surface area contributed by atoms with Gasteiger partial charge in [0, 0.05) is 28.9 Å². The predicted octanol–water partition coefficient (Wildman–Crippen LogP) is 5.16. The van der Waals surface area contributed by atoms with E-state index in [2.05, 4.69) is 15.6 Å². The minimum atomic E-state index is -4.48. The van der Waals surface area contributed by atoms with Crippen molar-refractivity contribution >= 4 is 29.0 Å². The molecule has 1 aliphatic carbocycles. The number of imidazole rings is 1. The third-order valence-electron chi connectivity index (χ3n) is 5.28. The molecule has 1 amide bonds. The third kappa shape index (κ3) is 4.53. The molecule has 2 N–H and O–H groups in total. The maximum Gasteiger partial charge on any atom is 0.434 e. The van der Waals surface area contributed by atoms with Gasteiger partial charge in [-0.2, -0.15) is 13.2 Å². The third-order valence-corrected chi connectivity index (χ3v) is 5.52. The Labute approximate surface area is 176 Å². The van der Waals surface area contributed by atoms with Gasteiger partial charge in [0.15, 0.2) is 5.69 Å². The predicted molar refractivity (Wildman–Crippen MR) is 109 cm³/mol. The summed E-state index contributed by atoms with van der Waals surface area (Å²) >= 11 is 5.94. The molecular weight excluding hydrogens is 417 g/mol. The zero-order valence-corrected chi connectivity index (χ0v) is 16.7. The summed E-state index contributed by atoms with van der Waals surface area (Å²) in [4.78, 5) is 16.0. The fourth-order valence-corrected chi connectivity index (χ4v) is 3.94. The SMILES string of the molecule is O=C(N[C@H]1CC[C@@H](Nc2cccc3nc(C(F)(F)F)cn23)CC1)c1cccc(Cl)c1. The fourth-order valence-electron chi connectivity index (χ4n) is 3.75. The number of amides is 1. The van der Waals surface area contributed by atoms with Crippen LogP contribution >= 0.6 is 11.6 Å². The first-order valence-electron chi connectivity index (χ1n) is 9.68. The smallest absolute Gasteiger partial charge is 0.368 e. The first-order valence-corrected chi connectivity index (χ1v) is 10.1. The summed E-state index contributed by atoms with van der Waals surface area (Å²) in [5.41, 5.74) is -0.144. The Morgan fingerprint density at radius 2 is 1.77 bits per heavy atom. The maximum absolute atomic E-state index is 13.0. The van der Waals surface area contributed by atoms with Crippen molar-refractivity contribution in [2.75, 3.05) is 5.32 Å². The van der Waals surface area contributed by atoms with Crippen LogP contribution in [0, 0.1) is 0 Å². The molecular formula is C21H20ClF3N4O. The first-order chi connectivity index (χ1) is 14.3. The highest BCUT2D eigenvalue weighted by Gasteiger charge is 2.34. The van der Waals surface area contributed by atoms with Crippen molar-refractivity contribution < 1.29 is 18.0 Å². The van der Waals surface area contributed by atoms with Crippen LogP contribution in [0.1, 0.15) is 41.7 Å². The van der Waals surface area contributed by atoms with Crippen molar-refractivity contribution in [3.8, 4) is 0 Å². The average Bonchev–Trinajstić information content (AvgIpc) is 3.15. The van der Waals surface area contributed by atoms with Gasteiger partial charge in [-0.3, -0.25) is 9.20 Å². The topological polar surface area (TPSA) is 58.4 Å². The quantitative estimate of drug-likeness (QED) is 0.594. The van der Waals surface area contributed by atoms with E-state index in [0.717, 1.165) is 31.9 Å². The van der Waals surface area contributed by atoms with Crippen molar-refractivity contribution in [2.24, 2.45) is 0 Å². The van der Waals surface area contributed by atoms with Gasteiger partial charge in [0.2, 0.25) is 0 Å². The summed E-state index contributed by atoms with van der Waals surface area (Å²) in [6, 6.07) is 11.9. The largest absolute Gasteiger partial charge is 0.434 e.